The molecule has 0 aliphatic carbocycles. The summed E-state index contributed by atoms with van der Waals surface area (Å²) in [6, 6.07) is 0. The van der Waals surface area contributed by atoms with Gasteiger partial charge in [-0.25, -0.2) is 0 Å². The summed E-state index contributed by atoms with van der Waals surface area (Å²) < 4.78 is 54.1. The summed E-state index contributed by atoms with van der Waals surface area (Å²) in [6.07, 6.45) is 43.3. The van der Waals surface area contributed by atoms with Gasteiger partial charge in [0.05, 0.1) is 6.61 Å². The third-order valence-electron chi connectivity index (χ3n) is 10.5. The first-order valence-electron chi connectivity index (χ1n) is 24.1. The topological polar surface area (TPSA) is 186 Å². The first kappa shape index (κ1) is 58.8. The third-order valence-corrected chi connectivity index (χ3v) is 11.2. The van der Waals surface area contributed by atoms with Gasteiger partial charge in [-0.15, -0.1) is 0 Å². The zero-order valence-electron chi connectivity index (χ0n) is 39.1. The molecule has 1 saturated heterocycles. The maximum absolute atomic E-state index is 12.8. The molecule has 13 heteroatoms. The van der Waals surface area contributed by atoms with Gasteiger partial charge in [-0.1, -0.05) is 150 Å². The highest BCUT2D eigenvalue weighted by Crippen LogP contribution is 2.24. The molecule has 0 aromatic carbocycles. The first-order chi connectivity index (χ1) is 31.0. The summed E-state index contributed by atoms with van der Waals surface area (Å²) in [5.41, 5.74) is 0. The van der Waals surface area contributed by atoms with E-state index in [1.807, 2.05) is 0 Å². The molecule has 0 amide bonds. The monoisotopic (exact) mass is 921 g/mol. The van der Waals surface area contributed by atoms with E-state index in [0.29, 0.717) is 12.8 Å². The summed E-state index contributed by atoms with van der Waals surface area (Å²) in [7, 11) is -4.61. The minimum absolute atomic E-state index is 0.128. The maximum Gasteiger partial charge on any atom is 0.306 e. The number of esters is 2. The molecule has 1 fully saturated rings. The van der Waals surface area contributed by atoms with Crippen molar-refractivity contribution in [2.24, 2.45) is 0 Å². The Morgan fingerprint density at radius 3 is 1.47 bits per heavy atom. The average Bonchev–Trinajstić information content (AvgIpc) is 3.26. The molecule has 0 aromatic rings. The lowest BCUT2D eigenvalue weighted by molar-refractivity contribution is -0.297. The fourth-order valence-corrected chi connectivity index (χ4v) is 7.42. The lowest BCUT2D eigenvalue weighted by Crippen LogP contribution is -2.60. The van der Waals surface area contributed by atoms with Gasteiger partial charge in [-0.2, -0.15) is 8.42 Å². The molecule has 0 radical (unpaired) electrons. The Morgan fingerprint density at radius 2 is 0.984 bits per heavy atom. The molecule has 0 saturated carbocycles. The van der Waals surface area contributed by atoms with Gasteiger partial charge in [0.1, 0.15) is 36.8 Å². The average molecular weight is 921 g/mol. The number of carbonyl (C=O) groups is 2. The highest BCUT2D eigenvalue weighted by molar-refractivity contribution is 7.85. The first-order valence-corrected chi connectivity index (χ1v) is 25.8. The van der Waals surface area contributed by atoms with E-state index in [1.54, 1.807) is 0 Å². The van der Waals surface area contributed by atoms with Crippen LogP contribution in [0.25, 0.3) is 0 Å². The number of unbranched alkanes of at least 4 members (excludes halogenated alkanes) is 13. The van der Waals surface area contributed by atoms with E-state index in [1.165, 1.54) is 25.7 Å². The van der Waals surface area contributed by atoms with Gasteiger partial charge in [-0.3, -0.25) is 14.1 Å². The molecular formula is C51H84O12S. The van der Waals surface area contributed by atoms with E-state index in [4.69, 9.17) is 18.9 Å². The Kier molecular flexibility index (Phi) is 36.9. The summed E-state index contributed by atoms with van der Waals surface area (Å²) in [5, 5.41) is 30.9. The lowest BCUT2D eigenvalue weighted by atomic mass is 10.00. The number of aliphatic hydroxyl groups is 3. The van der Waals surface area contributed by atoms with Crippen LogP contribution in [0.4, 0.5) is 0 Å². The minimum atomic E-state index is -4.61. The van der Waals surface area contributed by atoms with Crippen molar-refractivity contribution in [1.29, 1.82) is 0 Å². The molecule has 1 heterocycles. The smallest absolute Gasteiger partial charge is 0.306 e. The number of hydrogen-bond acceptors (Lipinski definition) is 11. The zero-order chi connectivity index (χ0) is 46.9. The number of carbonyl (C=O) groups excluding carboxylic acids is 2. The predicted octanol–water partition coefficient (Wildman–Crippen LogP) is 10.4. The SMILES string of the molecule is CC/C=C\C/C=C\C/C=C\C/C=C\CCCCCCC(=O)OC(COC(=O)CCCCCCCC/C=C\C/C=C\C/C=C\CCCCC)COC1OC(CS(=O)(=O)O)C(O)C(O)C1O. The molecule has 366 valence electrons. The molecule has 6 unspecified atom stereocenters. The van der Waals surface area contributed by atoms with Crippen LogP contribution in [0.2, 0.25) is 0 Å². The molecule has 4 N–H and O–H groups in total. The molecule has 0 bridgehead atoms. The van der Waals surface area contributed by atoms with Crippen LogP contribution in [-0.4, -0.2) is 96.0 Å². The van der Waals surface area contributed by atoms with Crippen molar-refractivity contribution in [3.8, 4) is 0 Å². The van der Waals surface area contributed by atoms with Gasteiger partial charge < -0.3 is 34.3 Å². The van der Waals surface area contributed by atoms with Crippen molar-refractivity contribution >= 4 is 22.1 Å². The normalized spacial score (nSPS) is 20.4. The molecule has 12 nitrogen and oxygen atoms in total. The van der Waals surface area contributed by atoms with E-state index >= 15 is 0 Å². The highest BCUT2D eigenvalue weighted by Gasteiger charge is 2.46. The van der Waals surface area contributed by atoms with E-state index < -0.39 is 71.2 Å². The maximum atomic E-state index is 12.8. The predicted molar refractivity (Wildman–Crippen MR) is 256 cm³/mol. The Morgan fingerprint density at radius 1 is 0.547 bits per heavy atom. The number of aliphatic hydroxyl groups excluding tert-OH is 3. The van der Waals surface area contributed by atoms with Gasteiger partial charge in [0.15, 0.2) is 12.4 Å². The van der Waals surface area contributed by atoms with Crippen LogP contribution in [0, 0.1) is 0 Å². The standard InChI is InChI=1S/C51H84O12S/c1-3-5-7-9-11-13-15-17-19-21-22-24-25-27-29-31-33-35-37-39-46(52)60-41-44(42-61-51-50(56)49(55)48(54)45(63-51)43-64(57,58)59)62-47(53)40-38-36-34-32-30-28-26-23-20-18-16-14-12-10-8-6-4-2/h6,8,11-14,17-20,22,24,26,28,44-45,48-51,54-56H,3-5,7,9-10,15-16,21,23,25,27,29-43H2,1-2H3,(H,57,58,59)/b8-6-,13-11-,14-12-,19-17-,20-18-,24-22-,28-26-. The molecular weight excluding hydrogens is 837 g/mol. The highest BCUT2D eigenvalue weighted by atomic mass is 32.2. The largest absolute Gasteiger partial charge is 0.462 e. The Balaban J connectivity index is 2.45. The van der Waals surface area contributed by atoms with Crippen LogP contribution >= 0.6 is 0 Å². The number of ether oxygens (including phenoxy) is 4. The van der Waals surface area contributed by atoms with Crippen molar-refractivity contribution in [2.45, 2.75) is 205 Å². The fourth-order valence-electron chi connectivity index (χ4n) is 6.73. The second kappa shape index (κ2) is 40.1. The number of rotatable bonds is 39. The van der Waals surface area contributed by atoms with Crippen LogP contribution in [-0.2, 0) is 38.7 Å². The molecule has 1 rings (SSSR count). The molecule has 0 spiro atoms. The van der Waals surface area contributed by atoms with Crippen molar-refractivity contribution < 1.29 is 56.8 Å². The van der Waals surface area contributed by atoms with Crippen LogP contribution < -0.4 is 0 Å². The summed E-state index contributed by atoms with van der Waals surface area (Å²) in [6.45, 7) is 3.58. The molecule has 6 atom stereocenters. The van der Waals surface area contributed by atoms with Crippen molar-refractivity contribution in [2.75, 3.05) is 19.0 Å². The van der Waals surface area contributed by atoms with E-state index in [0.717, 1.165) is 103 Å². The Hall–Kier alpha value is -3.17. The van der Waals surface area contributed by atoms with Crippen LogP contribution in [0.5, 0.6) is 0 Å². The van der Waals surface area contributed by atoms with Gasteiger partial charge in [-0.05, 0) is 89.9 Å². The van der Waals surface area contributed by atoms with Crippen molar-refractivity contribution in [1.82, 2.24) is 0 Å². The molecule has 64 heavy (non-hydrogen) atoms. The summed E-state index contributed by atoms with van der Waals surface area (Å²) in [4.78, 5) is 25.5. The second-order valence-electron chi connectivity index (χ2n) is 16.4. The molecule has 0 aromatic heterocycles. The van der Waals surface area contributed by atoms with E-state index in [9.17, 15) is 37.9 Å². The lowest BCUT2D eigenvalue weighted by Gasteiger charge is -2.40. The van der Waals surface area contributed by atoms with Gasteiger partial charge in [0, 0.05) is 12.8 Å². The summed E-state index contributed by atoms with van der Waals surface area (Å²) >= 11 is 0. The zero-order valence-corrected chi connectivity index (χ0v) is 39.9. The second-order valence-corrected chi connectivity index (χ2v) is 17.9. The quantitative estimate of drug-likeness (QED) is 0.0198. The minimum Gasteiger partial charge on any atom is -0.462 e. The Labute approximate surface area is 386 Å². The van der Waals surface area contributed by atoms with E-state index in [-0.39, 0.29) is 19.4 Å². The third kappa shape index (κ3) is 34.2. The summed E-state index contributed by atoms with van der Waals surface area (Å²) in [5.74, 6) is -2.04. The van der Waals surface area contributed by atoms with E-state index in [2.05, 4.69) is 98.9 Å². The van der Waals surface area contributed by atoms with Crippen LogP contribution in [0.3, 0.4) is 0 Å². The molecule has 1 aliphatic rings. The van der Waals surface area contributed by atoms with Gasteiger partial charge in [0.2, 0.25) is 0 Å². The van der Waals surface area contributed by atoms with Gasteiger partial charge in [0.25, 0.3) is 10.1 Å². The fraction of sp³-hybridized carbons (Fsp3) is 0.686. The van der Waals surface area contributed by atoms with Crippen LogP contribution in [0.1, 0.15) is 168 Å². The number of allylic oxidation sites excluding steroid dienone is 14. The Bertz CT molecular complexity index is 1500. The van der Waals surface area contributed by atoms with Crippen LogP contribution in [0.15, 0.2) is 85.1 Å². The van der Waals surface area contributed by atoms with Crippen molar-refractivity contribution in [3.63, 3.8) is 0 Å². The number of hydrogen-bond donors (Lipinski definition) is 4. The molecule has 1 aliphatic heterocycles. The van der Waals surface area contributed by atoms with Crippen molar-refractivity contribution in [3.05, 3.63) is 85.1 Å². The van der Waals surface area contributed by atoms with Gasteiger partial charge >= 0.3 is 11.9 Å².